The molecule has 1 aliphatic heterocycles. The molecule has 1 N–H and O–H groups in total. The van der Waals surface area contributed by atoms with Crippen molar-refractivity contribution in [1.82, 2.24) is 25.1 Å². The predicted molar refractivity (Wildman–Crippen MR) is 109 cm³/mol. The second-order valence-corrected chi connectivity index (χ2v) is 7.50. The number of piperidine rings is 1. The van der Waals surface area contributed by atoms with Crippen molar-refractivity contribution in [2.24, 2.45) is 13.0 Å². The van der Waals surface area contributed by atoms with Gasteiger partial charge in [0.15, 0.2) is 11.0 Å². The monoisotopic (exact) mass is 398 g/mol. The molecular weight excluding hydrogens is 376 g/mol. The van der Waals surface area contributed by atoms with E-state index in [0.717, 1.165) is 42.1 Å². The van der Waals surface area contributed by atoms with Gasteiger partial charge in [0.25, 0.3) is 0 Å². The summed E-state index contributed by atoms with van der Waals surface area (Å²) in [6, 6.07) is 11.6. The van der Waals surface area contributed by atoms with Gasteiger partial charge in [0.1, 0.15) is 5.82 Å². The number of nitrogens with one attached hydrogen (secondary N) is 1. The van der Waals surface area contributed by atoms with E-state index in [0.29, 0.717) is 24.7 Å². The molecule has 28 heavy (non-hydrogen) atoms. The second kappa shape index (κ2) is 8.14. The van der Waals surface area contributed by atoms with Gasteiger partial charge in [-0.2, -0.15) is 0 Å². The van der Waals surface area contributed by atoms with Crippen LogP contribution < -0.4 is 10.2 Å². The highest BCUT2D eigenvalue weighted by Crippen LogP contribution is 2.22. The van der Waals surface area contributed by atoms with Crippen molar-refractivity contribution >= 4 is 34.4 Å². The zero-order valence-corrected chi connectivity index (χ0v) is 16.6. The van der Waals surface area contributed by atoms with Crippen molar-refractivity contribution in [2.45, 2.75) is 19.3 Å². The van der Waals surface area contributed by atoms with Gasteiger partial charge >= 0.3 is 0 Å². The third-order valence-electron chi connectivity index (χ3n) is 5.26. The Kier molecular flexibility index (Phi) is 5.43. The first-order valence-corrected chi connectivity index (χ1v) is 9.92. The van der Waals surface area contributed by atoms with E-state index < -0.39 is 0 Å². The number of amides is 1. The maximum atomic E-state index is 12.7. The van der Waals surface area contributed by atoms with Crippen LogP contribution in [0.2, 0.25) is 5.15 Å². The fourth-order valence-electron chi connectivity index (χ4n) is 3.74. The standard InChI is InChI=1S/C20H23ClN6O/c1-26-16-7-3-2-6-15(16)23-18(26)10-11-22-20(28)14-5-4-12-27(13-14)19-9-8-17(21)24-25-19/h2-3,6-9,14H,4-5,10-13H2,1H3,(H,22,28)/t14-/m1/s1. The molecule has 0 unspecified atom stereocenters. The second-order valence-electron chi connectivity index (χ2n) is 7.12. The highest BCUT2D eigenvalue weighted by molar-refractivity contribution is 6.29. The Morgan fingerprint density at radius 3 is 2.89 bits per heavy atom. The van der Waals surface area contributed by atoms with Gasteiger partial charge in [-0.15, -0.1) is 10.2 Å². The normalized spacial score (nSPS) is 17.1. The molecule has 7 nitrogen and oxygen atoms in total. The Hall–Kier alpha value is -2.67. The molecule has 3 heterocycles. The van der Waals surface area contributed by atoms with Crippen LogP contribution in [0.4, 0.5) is 5.82 Å². The molecule has 1 fully saturated rings. The number of para-hydroxylation sites is 2. The number of nitrogens with zero attached hydrogens (tertiary/aromatic N) is 5. The van der Waals surface area contributed by atoms with Crippen LogP contribution in [0.1, 0.15) is 18.7 Å². The first kappa shape index (κ1) is 18.7. The summed E-state index contributed by atoms with van der Waals surface area (Å²) in [6.45, 7) is 2.10. The number of halogens is 1. The minimum Gasteiger partial charge on any atom is -0.355 e. The Bertz CT molecular complexity index is 970. The van der Waals surface area contributed by atoms with Crippen LogP contribution in [0.15, 0.2) is 36.4 Å². The van der Waals surface area contributed by atoms with E-state index in [2.05, 4.69) is 36.0 Å². The molecule has 1 aliphatic rings. The minimum atomic E-state index is -0.0494. The number of aryl methyl sites for hydroxylation is 1. The molecule has 1 amide bonds. The van der Waals surface area contributed by atoms with E-state index in [-0.39, 0.29) is 11.8 Å². The maximum absolute atomic E-state index is 12.7. The summed E-state index contributed by atoms with van der Waals surface area (Å²) >= 11 is 5.81. The Balaban J connectivity index is 1.33. The van der Waals surface area contributed by atoms with E-state index in [4.69, 9.17) is 11.6 Å². The lowest BCUT2D eigenvalue weighted by Crippen LogP contribution is -2.44. The highest BCUT2D eigenvalue weighted by atomic mass is 35.5. The lowest BCUT2D eigenvalue weighted by atomic mass is 9.97. The van der Waals surface area contributed by atoms with Crippen LogP contribution in [-0.2, 0) is 18.3 Å². The van der Waals surface area contributed by atoms with Crippen molar-refractivity contribution < 1.29 is 4.79 Å². The van der Waals surface area contributed by atoms with Crippen LogP contribution in [-0.4, -0.2) is 45.3 Å². The number of fused-ring (bicyclic) bond motifs is 1. The lowest BCUT2D eigenvalue weighted by Gasteiger charge is -2.32. The van der Waals surface area contributed by atoms with Crippen LogP contribution >= 0.6 is 11.6 Å². The topological polar surface area (TPSA) is 75.9 Å². The predicted octanol–water partition coefficient (Wildman–Crippen LogP) is 2.59. The van der Waals surface area contributed by atoms with Gasteiger partial charge in [0, 0.05) is 33.1 Å². The van der Waals surface area contributed by atoms with Crippen molar-refractivity contribution in [3.05, 3.63) is 47.4 Å². The number of hydrogen-bond donors (Lipinski definition) is 1. The average molecular weight is 399 g/mol. The summed E-state index contributed by atoms with van der Waals surface area (Å²) in [5.74, 6) is 1.78. The fraction of sp³-hybridized carbons (Fsp3) is 0.400. The minimum absolute atomic E-state index is 0.0494. The molecule has 0 radical (unpaired) electrons. The number of carbonyl (C=O) groups excluding carboxylic acids is 1. The molecule has 0 saturated carbocycles. The Labute approximate surface area is 168 Å². The number of imidazole rings is 1. The van der Waals surface area contributed by atoms with E-state index >= 15 is 0 Å². The van der Waals surface area contributed by atoms with Crippen molar-refractivity contribution in [3.63, 3.8) is 0 Å². The van der Waals surface area contributed by atoms with Gasteiger partial charge in [0.2, 0.25) is 5.91 Å². The number of benzene rings is 1. The lowest BCUT2D eigenvalue weighted by molar-refractivity contribution is -0.125. The SMILES string of the molecule is Cn1c(CCNC(=O)[C@@H]2CCCN(c3ccc(Cl)nn3)C2)nc2ccccc21. The number of anilines is 1. The van der Waals surface area contributed by atoms with Crippen molar-refractivity contribution in [2.75, 3.05) is 24.5 Å². The molecule has 2 aromatic heterocycles. The maximum Gasteiger partial charge on any atom is 0.224 e. The van der Waals surface area contributed by atoms with Crippen LogP contribution in [0.25, 0.3) is 11.0 Å². The van der Waals surface area contributed by atoms with Gasteiger partial charge in [-0.25, -0.2) is 4.98 Å². The van der Waals surface area contributed by atoms with Crippen molar-refractivity contribution in [1.29, 1.82) is 0 Å². The van der Waals surface area contributed by atoms with Gasteiger partial charge in [-0.05, 0) is 37.1 Å². The summed E-state index contributed by atoms with van der Waals surface area (Å²) in [6.07, 6.45) is 2.54. The molecule has 0 aliphatic carbocycles. The number of carbonyl (C=O) groups is 1. The molecule has 146 valence electrons. The van der Waals surface area contributed by atoms with E-state index in [1.165, 1.54) is 0 Å². The van der Waals surface area contributed by atoms with Gasteiger partial charge in [0.05, 0.1) is 17.0 Å². The van der Waals surface area contributed by atoms with Gasteiger partial charge in [-0.1, -0.05) is 23.7 Å². The van der Waals surface area contributed by atoms with E-state index in [9.17, 15) is 4.79 Å². The van der Waals surface area contributed by atoms with E-state index in [1.807, 2.05) is 31.3 Å². The van der Waals surface area contributed by atoms with Crippen LogP contribution in [0.3, 0.4) is 0 Å². The number of hydrogen-bond acceptors (Lipinski definition) is 5. The molecule has 1 saturated heterocycles. The Morgan fingerprint density at radius 1 is 1.25 bits per heavy atom. The molecule has 4 rings (SSSR count). The Morgan fingerprint density at radius 2 is 2.11 bits per heavy atom. The fourth-order valence-corrected chi connectivity index (χ4v) is 3.84. The van der Waals surface area contributed by atoms with Crippen LogP contribution in [0, 0.1) is 5.92 Å². The largest absolute Gasteiger partial charge is 0.355 e. The molecule has 1 atom stereocenters. The quantitative estimate of drug-likeness (QED) is 0.714. The van der Waals surface area contributed by atoms with Gasteiger partial charge in [-0.3, -0.25) is 4.79 Å². The molecular formula is C20H23ClN6O. The summed E-state index contributed by atoms with van der Waals surface area (Å²) in [5.41, 5.74) is 2.09. The molecule has 8 heteroatoms. The molecule has 1 aromatic carbocycles. The third kappa shape index (κ3) is 3.94. The third-order valence-corrected chi connectivity index (χ3v) is 5.46. The number of rotatable bonds is 5. The summed E-state index contributed by atoms with van der Waals surface area (Å²) in [7, 11) is 2.01. The first-order valence-electron chi connectivity index (χ1n) is 9.54. The summed E-state index contributed by atoms with van der Waals surface area (Å²) in [5, 5.41) is 11.5. The van der Waals surface area contributed by atoms with Gasteiger partial charge < -0.3 is 14.8 Å². The average Bonchev–Trinajstić information content (AvgIpc) is 3.04. The number of aromatic nitrogens is 4. The first-order chi connectivity index (χ1) is 13.6. The van der Waals surface area contributed by atoms with E-state index in [1.54, 1.807) is 6.07 Å². The zero-order chi connectivity index (χ0) is 19.5. The zero-order valence-electron chi connectivity index (χ0n) is 15.8. The van der Waals surface area contributed by atoms with Crippen molar-refractivity contribution in [3.8, 4) is 0 Å². The molecule has 0 bridgehead atoms. The molecule has 3 aromatic rings. The summed E-state index contributed by atoms with van der Waals surface area (Å²) in [4.78, 5) is 19.4. The highest BCUT2D eigenvalue weighted by Gasteiger charge is 2.26. The van der Waals surface area contributed by atoms with Crippen LogP contribution in [0.5, 0.6) is 0 Å². The summed E-state index contributed by atoms with van der Waals surface area (Å²) < 4.78 is 2.09. The smallest absolute Gasteiger partial charge is 0.224 e. The molecule has 0 spiro atoms.